The Labute approximate surface area is 120 Å². The Morgan fingerprint density at radius 3 is 2.42 bits per heavy atom. The molecule has 0 atom stereocenters. The Morgan fingerprint density at radius 2 is 1.95 bits per heavy atom. The van der Waals surface area contributed by atoms with Crippen LogP contribution < -0.4 is 10.5 Å². The predicted octanol–water partition coefficient (Wildman–Crippen LogP) is 2.48. The van der Waals surface area contributed by atoms with Crippen LogP contribution in [-0.2, 0) is 10.0 Å². The van der Waals surface area contributed by atoms with Gasteiger partial charge in [-0.3, -0.25) is 0 Å². The van der Waals surface area contributed by atoms with Crippen LogP contribution in [0.25, 0.3) is 0 Å². The molecule has 108 valence electrons. The van der Waals surface area contributed by atoms with Crippen LogP contribution in [0.4, 0.5) is 0 Å². The van der Waals surface area contributed by atoms with Crippen LogP contribution in [-0.4, -0.2) is 20.5 Å². The van der Waals surface area contributed by atoms with Crippen molar-refractivity contribution in [3.05, 3.63) is 28.8 Å². The minimum absolute atomic E-state index is 0.101. The van der Waals surface area contributed by atoms with E-state index in [0.29, 0.717) is 0 Å². The minimum Gasteiger partial charge on any atom is -0.324 e. The Hall–Kier alpha value is -0.620. The van der Waals surface area contributed by atoms with Crippen molar-refractivity contribution in [2.45, 2.75) is 44.0 Å². The maximum Gasteiger partial charge on any atom is 0.242 e. The largest absolute Gasteiger partial charge is 0.324 e. The second-order valence-corrected chi connectivity index (χ2v) is 7.80. The maximum absolute atomic E-state index is 12.2. The first-order valence-corrected chi connectivity index (χ1v) is 7.97. The van der Waals surface area contributed by atoms with E-state index in [-0.39, 0.29) is 22.4 Å². The molecule has 0 spiro atoms. The zero-order valence-corrected chi connectivity index (χ0v) is 13.3. The van der Waals surface area contributed by atoms with Gasteiger partial charge in [0.25, 0.3) is 0 Å². The van der Waals surface area contributed by atoms with E-state index in [2.05, 4.69) is 4.72 Å². The summed E-state index contributed by atoms with van der Waals surface area (Å²) in [5.74, 6) is 0.233. The van der Waals surface area contributed by atoms with Crippen LogP contribution in [0.1, 0.15) is 39.2 Å². The van der Waals surface area contributed by atoms with Gasteiger partial charge in [0, 0.05) is 12.1 Å². The van der Waals surface area contributed by atoms with E-state index in [9.17, 15) is 8.42 Å². The van der Waals surface area contributed by atoms with Gasteiger partial charge in [0.2, 0.25) is 10.0 Å². The van der Waals surface area contributed by atoms with E-state index < -0.39 is 15.6 Å². The highest BCUT2D eigenvalue weighted by Gasteiger charge is 2.21. The molecule has 0 heterocycles. The smallest absolute Gasteiger partial charge is 0.242 e. The van der Waals surface area contributed by atoms with Crippen LogP contribution in [0.15, 0.2) is 23.1 Å². The molecule has 19 heavy (non-hydrogen) atoms. The first kappa shape index (κ1) is 16.4. The van der Waals surface area contributed by atoms with E-state index in [0.717, 1.165) is 5.56 Å². The van der Waals surface area contributed by atoms with E-state index in [4.69, 9.17) is 17.3 Å². The summed E-state index contributed by atoms with van der Waals surface area (Å²) in [5, 5.41) is 0.215. The average Bonchev–Trinajstić information content (AvgIpc) is 2.25. The number of nitrogens with one attached hydrogen (secondary N) is 1. The van der Waals surface area contributed by atoms with Gasteiger partial charge in [-0.2, -0.15) is 0 Å². The van der Waals surface area contributed by atoms with Gasteiger partial charge in [0.1, 0.15) is 4.90 Å². The summed E-state index contributed by atoms with van der Waals surface area (Å²) in [5.41, 5.74) is 6.09. The van der Waals surface area contributed by atoms with Crippen LogP contribution in [0.5, 0.6) is 0 Å². The van der Waals surface area contributed by atoms with Crippen LogP contribution in [0, 0.1) is 0 Å². The number of halogens is 1. The number of sulfonamides is 1. The van der Waals surface area contributed by atoms with Crippen molar-refractivity contribution in [2.24, 2.45) is 5.73 Å². The lowest BCUT2D eigenvalue weighted by molar-refractivity contribution is 0.498. The summed E-state index contributed by atoms with van der Waals surface area (Å²) in [6.45, 7) is 7.65. The van der Waals surface area contributed by atoms with Crippen molar-refractivity contribution in [1.82, 2.24) is 4.72 Å². The molecule has 3 N–H and O–H groups in total. The lowest BCUT2D eigenvalue weighted by Crippen LogP contribution is -2.45. The topological polar surface area (TPSA) is 72.2 Å². The van der Waals surface area contributed by atoms with Gasteiger partial charge in [-0.05, 0) is 37.5 Å². The zero-order valence-electron chi connectivity index (χ0n) is 11.7. The number of hydrogen-bond donors (Lipinski definition) is 2. The molecule has 0 bridgehead atoms. The van der Waals surface area contributed by atoms with E-state index in [1.165, 1.54) is 0 Å². The van der Waals surface area contributed by atoms with Gasteiger partial charge in [-0.25, -0.2) is 13.1 Å². The van der Waals surface area contributed by atoms with Crippen LogP contribution in [0.2, 0.25) is 5.02 Å². The molecule has 0 amide bonds. The predicted molar refractivity (Wildman–Crippen MR) is 79.0 cm³/mol. The molecule has 0 radical (unpaired) electrons. The fourth-order valence-corrected chi connectivity index (χ4v) is 3.20. The van der Waals surface area contributed by atoms with Crippen molar-refractivity contribution in [3.8, 4) is 0 Å². The molecule has 1 aromatic rings. The number of benzene rings is 1. The molecule has 4 nitrogen and oxygen atoms in total. The Bertz CT molecular complexity index is 548. The van der Waals surface area contributed by atoms with Gasteiger partial charge in [-0.15, -0.1) is 0 Å². The molecule has 0 unspecified atom stereocenters. The molecule has 0 saturated carbocycles. The summed E-state index contributed by atoms with van der Waals surface area (Å²) in [6.07, 6.45) is 0. The first-order chi connectivity index (χ1) is 8.53. The molecule has 0 aliphatic carbocycles. The fourth-order valence-electron chi connectivity index (χ4n) is 1.44. The van der Waals surface area contributed by atoms with Crippen LogP contribution >= 0.6 is 11.6 Å². The van der Waals surface area contributed by atoms with Crippen molar-refractivity contribution in [3.63, 3.8) is 0 Å². The quantitative estimate of drug-likeness (QED) is 0.878. The molecule has 0 fully saturated rings. The van der Waals surface area contributed by atoms with Crippen LogP contribution in [0.3, 0.4) is 0 Å². The molecule has 0 saturated heterocycles. The normalized spacial score (nSPS) is 13.0. The Balaban J connectivity index is 3.10. The summed E-state index contributed by atoms with van der Waals surface area (Å²) in [6, 6.07) is 5.05. The molecule has 1 aromatic carbocycles. The molecular weight excluding hydrogens is 284 g/mol. The Kier molecular flexibility index (Phi) is 5.01. The SMILES string of the molecule is CC(C)c1ccc(Cl)c(S(=O)(=O)NCC(C)(C)N)c1. The van der Waals surface area contributed by atoms with Gasteiger partial charge in [0.05, 0.1) is 5.02 Å². The lowest BCUT2D eigenvalue weighted by Gasteiger charge is -2.19. The average molecular weight is 305 g/mol. The number of nitrogens with two attached hydrogens (primary N) is 1. The number of rotatable bonds is 5. The van der Waals surface area contributed by atoms with Gasteiger partial charge in [0.15, 0.2) is 0 Å². The van der Waals surface area contributed by atoms with Crippen molar-refractivity contribution in [2.75, 3.05) is 6.54 Å². The highest BCUT2D eigenvalue weighted by Crippen LogP contribution is 2.26. The summed E-state index contributed by atoms with van der Waals surface area (Å²) >= 11 is 5.99. The third-order valence-corrected chi connectivity index (χ3v) is 4.51. The molecule has 0 aromatic heterocycles. The Morgan fingerprint density at radius 1 is 1.37 bits per heavy atom. The standard InChI is InChI=1S/C13H21ClN2O2S/c1-9(2)10-5-6-11(14)12(7-10)19(17,18)16-8-13(3,4)15/h5-7,9,16H,8,15H2,1-4H3. The molecular formula is C13H21ClN2O2S. The maximum atomic E-state index is 12.2. The summed E-state index contributed by atoms with van der Waals surface area (Å²) in [7, 11) is -3.64. The van der Waals surface area contributed by atoms with E-state index in [1.54, 1.807) is 26.0 Å². The summed E-state index contributed by atoms with van der Waals surface area (Å²) in [4.78, 5) is 0.101. The second kappa shape index (κ2) is 5.79. The van der Waals surface area contributed by atoms with Gasteiger partial charge >= 0.3 is 0 Å². The zero-order chi connectivity index (χ0) is 14.8. The third kappa shape index (κ3) is 4.76. The minimum atomic E-state index is -3.64. The van der Waals surface area contributed by atoms with Crippen molar-refractivity contribution in [1.29, 1.82) is 0 Å². The lowest BCUT2D eigenvalue weighted by atomic mass is 10.0. The third-order valence-electron chi connectivity index (χ3n) is 2.63. The molecule has 6 heteroatoms. The molecule has 0 aliphatic rings. The molecule has 0 aliphatic heterocycles. The molecule has 1 rings (SSSR count). The number of hydrogen-bond acceptors (Lipinski definition) is 3. The first-order valence-electron chi connectivity index (χ1n) is 6.11. The summed E-state index contributed by atoms with van der Waals surface area (Å²) < 4.78 is 26.9. The van der Waals surface area contributed by atoms with Gasteiger partial charge in [-0.1, -0.05) is 31.5 Å². The van der Waals surface area contributed by atoms with Crippen molar-refractivity contribution < 1.29 is 8.42 Å². The van der Waals surface area contributed by atoms with E-state index in [1.807, 2.05) is 19.9 Å². The van der Waals surface area contributed by atoms with Gasteiger partial charge < -0.3 is 5.73 Å². The van der Waals surface area contributed by atoms with E-state index >= 15 is 0 Å². The van der Waals surface area contributed by atoms with Crippen molar-refractivity contribution >= 4 is 21.6 Å². The fraction of sp³-hybridized carbons (Fsp3) is 0.538. The highest BCUT2D eigenvalue weighted by atomic mass is 35.5. The second-order valence-electron chi connectivity index (χ2n) is 5.66. The monoisotopic (exact) mass is 304 g/mol. The highest BCUT2D eigenvalue weighted by molar-refractivity contribution is 7.89.